The number of quaternary nitrogens is 2. The lowest BCUT2D eigenvalue weighted by molar-refractivity contribution is -0.890. The smallest absolute Gasteiger partial charge is 0.333 e. The van der Waals surface area contributed by atoms with Crippen molar-refractivity contribution in [3.8, 4) is 0 Å². The summed E-state index contributed by atoms with van der Waals surface area (Å²) >= 11 is 0. The summed E-state index contributed by atoms with van der Waals surface area (Å²) in [5.41, 5.74) is 0.900. The molecule has 0 spiro atoms. The summed E-state index contributed by atoms with van der Waals surface area (Å²) in [4.78, 5) is 23.1. The molecule has 0 unspecified atom stereocenters. The summed E-state index contributed by atoms with van der Waals surface area (Å²) in [6.07, 6.45) is 4.66. The molecule has 0 saturated heterocycles. The van der Waals surface area contributed by atoms with Gasteiger partial charge in [0.25, 0.3) is 0 Å². The van der Waals surface area contributed by atoms with Crippen LogP contribution in [0.15, 0.2) is 24.3 Å². The highest BCUT2D eigenvalue weighted by Crippen LogP contribution is 2.25. The fraction of sp³-hybridized carbons (Fsp3) is 0.786. The van der Waals surface area contributed by atoms with Gasteiger partial charge in [0.2, 0.25) is 0 Å². The van der Waals surface area contributed by atoms with Crippen molar-refractivity contribution in [3.63, 3.8) is 0 Å². The summed E-state index contributed by atoms with van der Waals surface area (Å²) in [6, 6.07) is 2.36. The van der Waals surface area contributed by atoms with Crippen molar-refractivity contribution in [1.29, 1.82) is 0 Å². The van der Waals surface area contributed by atoms with Gasteiger partial charge < -0.3 is 70.5 Å². The molecule has 39 heavy (non-hydrogen) atoms. The summed E-state index contributed by atoms with van der Waals surface area (Å²) < 4.78 is 19.1. The van der Waals surface area contributed by atoms with E-state index in [1.807, 2.05) is 0 Å². The maximum absolute atomic E-state index is 11.6. The topological polar surface area (TPSA) is 61.8 Å². The molecule has 0 N–H and O–H groups in total. The van der Waals surface area contributed by atoms with Gasteiger partial charge in [-0.1, -0.05) is 13.2 Å². The third-order valence-electron chi connectivity index (χ3n) is 6.69. The van der Waals surface area contributed by atoms with Crippen molar-refractivity contribution >= 4 is 28.6 Å². The number of nitrogens with zero attached hydrogens (tertiary/aromatic N) is 2. The van der Waals surface area contributed by atoms with Crippen molar-refractivity contribution in [2.24, 2.45) is 0 Å². The highest BCUT2D eigenvalue weighted by atomic mass is 127. The molecule has 0 radical (unpaired) electrons. The highest BCUT2D eigenvalue weighted by Gasteiger charge is 2.32. The Kier molecular flexibility index (Phi) is 22.6. The number of carbonyl (C=O) groups excluding carboxylic acids is 2. The van der Waals surface area contributed by atoms with E-state index in [1.54, 1.807) is 13.8 Å². The molecule has 11 heteroatoms. The largest absolute Gasteiger partial charge is 1.00 e. The second-order valence-electron chi connectivity index (χ2n) is 13.1. The number of rotatable bonds is 20. The van der Waals surface area contributed by atoms with Crippen LogP contribution in [0.4, 0.5) is 0 Å². The van der Waals surface area contributed by atoms with Crippen LogP contribution in [0.2, 0.25) is 38.3 Å². The second-order valence-corrected chi connectivity index (χ2v) is 22.0. The zero-order chi connectivity index (χ0) is 28.9. The minimum Gasteiger partial charge on any atom is -1.00 e. The van der Waals surface area contributed by atoms with Crippen LogP contribution in [0.3, 0.4) is 0 Å². The molecule has 232 valence electrons. The number of hydrogen-bond donors (Lipinski definition) is 0. The van der Waals surface area contributed by atoms with Crippen molar-refractivity contribution in [1.82, 2.24) is 0 Å². The first kappa shape index (κ1) is 43.6. The van der Waals surface area contributed by atoms with Gasteiger partial charge in [-0.05, 0) is 77.8 Å². The van der Waals surface area contributed by atoms with Gasteiger partial charge in [0.1, 0.15) is 26.3 Å². The maximum Gasteiger partial charge on any atom is 0.333 e. The molecule has 0 rings (SSSR count). The van der Waals surface area contributed by atoms with E-state index in [4.69, 9.17) is 13.6 Å². The predicted molar refractivity (Wildman–Crippen MR) is 159 cm³/mol. The Bertz CT molecular complexity index is 713. The fourth-order valence-corrected chi connectivity index (χ4v) is 13.3. The van der Waals surface area contributed by atoms with E-state index in [9.17, 15) is 9.59 Å². The maximum atomic E-state index is 11.6. The number of esters is 2. The average Bonchev–Trinajstić information content (AvgIpc) is 2.73. The SMILES string of the molecule is C=C(C)C(=O)OCC[N+](C)(C)CCCC[Si](C)(C)O[Si](C)(C)CCCC[N+](C)(C)CCOC(=O)C(=C)C.[I-].[I-]. The van der Waals surface area contributed by atoms with Crippen molar-refractivity contribution in [2.45, 2.75) is 77.8 Å². The van der Waals surface area contributed by atoms with Gasteiger partial charge in [-0.25, -0.2) is 9.59 Å². The Morgan fingerprint density at radius 3 is 1.21 bits per heavy atom. The van der Waals surface area contributed by atoms with Gasteiger partial charge in [-0.3, -0.25) is 0 Å². The summed E-state index contributed by atoms with van der Waals surface area (Å²) in [7, 11) is 5.36. The molecule has 0 aromatic carbocycles. The highest BCUT2D eigenvalue weighted by molar-refractivity contribution is 6.84. The van der Waals surface area contributed by atoms with E-state index in [0.717, 1.165) is 48.0 Å². The molecular formula is C28H58I2N2O5Si2. The van der Waals surface area contributed by atoms with Crippen LogP contribution in [0.25, 0.3) is 0 Å². The molecule has 0 aromatic heterocycles. The van der Waals surface area contributed by atoms with Crippen LogP contribution >= 0.6 is 0 Å². The summed E-state index contributed by atoms with van der Waals surface area (Å²) in [5, 5.41) is 0. The van der Waals surface area contributed by atoms with Crippen LogP contribution in [-0.2, 0) is 23.2 Å². The summed E-state index contributed by atoms with van der Waals surface area (Å²) in [5.74, 6) is -0.609. The van der Waals surface area contributed by atoms with E-state index in [2.05, 4.69) is 67.5 Å². The molecular weight excluding hydrogens is 754 g/mol. The van der Waals surface area contributed by atoms with E-state index in [-0.39, 0.29) is 59.9 Å². The van der Waals surface area contributed by atoms with Crippen LogP contribution in [0, 0.1) is 0 Å². The van der Waals surface area contributed by atoms with Crippen molar-refractivity contribution in [3.05, 3.63) is 24.3 Å². The molecule has 0 saturated carbocycles. The van der Waals surface area contributed by atoms with Gasteiger partial charge >= 0.3 is 11.9 Å². The van der Waals surface area contributed by atoms with Gasteiger partial charge in [-0.15, -0.1) is 0 Å². The lowest BCUT2D eigenvalue weighted by Crippen LogP contribution is -3.00. The Morgan fingerprint density at radius 1 is 0.615 bits per heavy atom. The van der Waals surface area contributed by atoms with Crippen molar-refractivity contribution in [2.75, 3.05) is 67.6 Å². The van der Waals surface area contributed by atoms with E-state index in [1.165, 1.54) is 24.9 Å². The first-order valence-electron chi connectivity index (χ1n) is 13.8. The Labute approximate surface area is 276 Å². The first-order chi connectivity index (χ1) is 16.8. The van der Waals surface area contributed by atoms with Crippen LogP contribution in [-0.4, -0.2) is 105 Å². The molecule has 0 heterocycles. The third kappa shape index (κ3) is 23.4. The third-order valence-corrected chi connectivity index (χ3v) is 14.2. The predicted octanol–water partition coefficient (Wildman–Crippen LogP) is -0.627. The summed E-state index contributed by atoms with van der Waals surface area (Å²) in [6.45, 7) is 24.7. The quantitative estimate of drug-likeness (QED) is 0.0410. The molecule has 0 fully saturated rings. The second kappa shape index (κ2) is 20.2. The minimum atomic E-state index is -1.71. The minimum absolute atomic E-state index is 0. The Morgan fingerprint density at radius 2 is 0.923 bits per heavy atom. The monoisotopic (exact) mass is 812 g/mol. The molecule has 0 aliphatic carbocycles. The van der Waals surface area contributed by atoms with Gasteiger partial charge in [0.15, 0.2) is 16.6 Å². The standard InChI is InChI=1S/C28H58N2O5Si2.2HI/c1-25(2)27(31)33-21-19-29(5,6)17-13-15-23-36(9,10)35-37(11,12)24-16-14-18-30(7,8)20-22-34-28(32)26(3)4;;/h1,3,13-24H2,2,4-12H3;2*1H/q+2;;/p-2. The zero-order valence-corrected chi connectivity index (χ0v) is 32.9. The van der Waals surface area contributed by atoms with Crippen molar-refractivity contribution < 1.29 is 80.1 Å². The fourth-order valence-electron chi connectivity index (χ4n) is 4.27. The molecule has 0 aromatic rings. The number of hydrogen-bond acceptors (Lipinski definition) is 5. The number of carbonyl (C=O) groups is 2. The molecule has 0 atom stereocenters. The zero-order valence-electron chi connectivity index (χ0n) is 26.6. The average molecular weight is 813 g/mol. The molecule has 0 aliphatic rings. The van der Waals surface area contributed by atoms with Gasteiger partial charge in [-0.2, -0.15) is 0 Å². The first-order valence-corrected chi connectivity index (χ1v) is 20.0. The Balaban J connectivity index is -0.00000648. The molecule has 0 amide bonds. The van der Waals surface area contributed by atoms with Crippen LogP contribution in [0.5, 0.6) is 0 Å². The molecule has 0 bridgehead atoms. The normalized spacial score (nSPS) is 12.2. The number of likely N-dealkylation sites (N-methyl/N-ethyl adjacent to an activating group) is 2. The molecule has 7 nitrogen and oxygen atoms in total. The molecule has 0 aliphatic heterocycles. The number of ether oxygens (including phenoxy) is 2. The Hall–Kier alpha value is 0.194. The number of halogens is 2. The van der Waals surface area contributed by atoms with E-state index < -0.39 is 16.6 Å². The lowest BCUT2D eigenvalue weighted by Gasteiger charge is -2.35. The van der Waals surface area contributed by atoms with Gasteiger partial charge in [0.05, 0.1) is 41.3 Å². The van der Waals surface area contributed by atoms with Crippen LogP contribution in [0.1, 0.15) is 39.5 Å². The van der Waals surface area contributed by atoms with E-state index in [0.29, 0.717) is 24.4 Å². The van der Waals surface area contributed by atoms with Gasteiger partial charge in [0, 0.05) is 11.1 Å². The number of unbranched alkanes of at least 4 members (excludes halogenated alkanes) is 2. The lowest BCUT2D eigenvalue weighted by atomic mass is 10.3. The van der Waals surface area contributed by atoms with Crippen LogP contribution < -0.4 is 48.0 Å². The van der Waals surface area contributed by atoms with E-state index >= 15 is 0 Å².